The van der Waals surface area contributed by atoms with E-state index in [9.17, 15) is 30.7 Å². The van der Waals surface area contributed by atoms with E-state index < -0.39 is 29.3 Å². The van der Waals surface area contributed by atoms with E-state index in [1.807, 2.05) is 5.16 Å². The maximum Gasteiger partial charge on any atom is 0.460 e. The zero-order chi connectivity index (χ0) is 15.8. The van der Waals surface area contributed by atoms with E-state index in [2.05, 4.69) is 0 Å². The molecule has 0 atom stereocenters. The highest BCUT2D eigenvalue weighted by molar-refractivity contribution is 6.06. The molecule has 112 valence electrons. The van der Waals surface area contributed by atoms with Crippen molar-refractivity contribution in [1.82, 2.24) is 0 Å². The quantitative estimate of drug-likeness (QED) is 0.389. The number of hydrogen-bond donors (Lipinski definition) is 1. The van der Waals surface area contributed by atoms with Gasteiger partial charge in [0.1, 0.15) is 0 Å². The summed E-state index contributed by atoms with van der Waals surface area (Å²) in [5.74, 6) is -12.1. The van der Waals surface area contributed by atoms with Gasteiger partial charge in [0.15, 0.2) is 5.71 Å². The van der Waals surface area contributed by atoms with Crippen molar-refractivity contribution in [2.45, 2.75) is 24.9 Å². The number of oxime groups is 1. The van der Waals surface area contributed by atoms with Crippen LogP contribution in [0.3, 0.4) is 0 Å². The van der Waals surface area contributed by atoms with E-state index in [0.717, 1.165) is 12.1 Å². The lowest BCUT2D eigenvalue weighted by atomic mass is 9.98. The zero-order valence-corrected chi connectivity index (χ0v) is 9.85. The van der Waals surface area contributed by atoms with Crippen molar-refractivity contribution >= 4 is 5.71 Å². The first-order chi connectivity index (χ1) is 8.95. The van der Waals surface area contributed by atoms with Gasteiger partial charge in [0.25, 0.3) is 0 Å². The summed E-state index contributed by atoms with van der Waals surface area (Å²) in [5, 5.41) is 10.3. The third kappa shape index (κ3) is 2.56. The van der Waals surface area contributed by atoms with E-state index in [-0.39, 0.29) is 0 Å². The van der Waals surface area contributed by atoms with Crippen LogP contribution in [0, 0.1) is 6.92 Å². The second-order valence-electron chi connectivity index (χ2n) is 3.96. The number of benzene rings is 1. The minimum atomic E-state index is -6.49. The molecule has 0 aliphatic heterocycles. The van der Waals surface area contributed by atoms with Crippen LogP contribution in [0.1, 0.15) is 11.1 Å². The van der Waals surface area contributed by atoms with Crippen molar-refractivity contribution in [3.63, 3.8) is 0 Å². The second-order valence-corrected chi connectivity index (χ2v) is 3.96. The molecule has 1 aromatic carbocycles. The van der Waals surface area contributed by atoms with Crippen LogP contribution in [0.5, 0.6) is 0 Å². The second kappa shape index (κ2) is 4.95. The van der Waals surface area contributed by atoms with Gasteiger partial charge in [0.05, 0.1) is 0 Å². The fraction of sp³-hybridized carbons (Fsp3) is 0.364. The summed E-state index contributed by atoms with van der Waals surface area (Å²) in [4.78, 5) is 0. The Morgan fingerprint density at radius 3 is 1.75 bits per heavy atom. The Hall–Kier alpha value is -1.80. The standard InChI is InChI=1S/C11H8F7NO/c1-6-2-4-7(5-3-6)8(19-20)9(12,13)10(14,15)11(16,17)18/h2-5,20H,1H3/b19-8-. The number of rotatable bonds is 3. The third-order valence-electron chi connectivity index (χ3n) is 2.47. The predicted octanol–water partition coefficient (Wildman–Crippen LogP) is 4.01. The number of aryl methyl sites for hydroxylation is 1. The molecule has 0 heterocycles. The summed E-state index contributed by atoms with van der Waals surface area (Å²) in [7, 11) is 0. The first-order valence-corrected chi connectivity index (χ1v) is 5.07. The van der Waals surface area contributed by atoms with Crippen LogP contribution in [0.15, 0.2) is 29.4 Å². The number of halogens is 7. The Kier molecular flexibility index (Phi) is 4.02. The molecule has 1 aromatic rings. The van der Waals surface area contributed by atoms with Gasteiger partial charge in [-0.05, 0) is 6.92 Å². The molecule has 1 N–H and O–H groups in total. The Balaban J connectivity index is 3.34. The summed E-state index contributed by atoms with van der Waals surface area (Å²) in [6, 6.07) is 4.10. The molecule has 1 rings (SSSR count). The Labute approximate surface area is 108 Å². The van der Waals surface area contributed by atoms with Gasteiger partial charge in [0.2, 0.25) is 0 Å². The molecule has 2 nitrogen and oxygen atoms in total. The van der Waals surface area contributed by atoms with Crippen LogP contribution in [0.4, 0.5) is 30.7 Å². The topological polar surface area (TPSA) is 32.6 Å². The van der Waals surface area contributed by atoms with Gasteiger partial charge in [-0.3, -0.25) is 0 Å². The summed E-state index contributed by atoms with van der Waals surface area (Å²) >= 11 is 0. The minimum Gasteiger partial charge on any atom is -0.410 e. The first kappa shape index (κ1) is 16.3. The Bertz CT molecular complexity index is 504. The minimum absolute atomic E-state index is 0.553. The van der Waals surface area contributed by atoms with Gasteiger partial charge < -0.3 is 5.21 Å². The van der Waals surface area contributed by atoms with Crippen LogP contribution in [0.2, 0.25) is 0 Å². The molecule has 0 radical (unpaired) electrons. The number of nitrogens with zero attached hydrogens (tertiary/aromatic N) is 1. The van der Waals surface area contributed by atoms with Gasteiger partial charge in [-0.25, -0.2) is 0 Å². The molecule has 0 aromatic heterocycles. The normalized spacial score (nSPS) is 14.5. The molecular weight excluding hydrogens is 295 g/mol. The van der Waals surface area contributed by atoms with Crippen LogP contribution >= 0.6 is 0 Å². The van der Waals surface area contributed by atoms with Crippen LogP contribution in [0.25, 0.3) is 0 Å². The van der Waals surface area contributed by atoms with Gasteiger partial charge in [-0.2, -0.15) is 30.7 Å². The Morgan fingerprint density at radius 1 is 0.950 bits per heavy atom. The highest BCUT2D eigenvalue weighted by Crippen LogP contribution is 2.48. The largest absolute Gasteiger partial charge is 0.460 e. The molecule has 0 spiro atoms. The SMILES string of the molecule is Cc1ccc(/C(=N/O)C(F)(F)C(F)(F)C(F)(F)F)cc1. The molecule has 0 saturated heterocycles. The highest BCUT2D eigenvalue weighted by atomic mass is 19.4. The molecule has 0 saturated carbocycles. The third-order valence-corrected chi connectivity index (χ3v) is 2.47. The molecule has 0 fully saturated rings. The summed E-state index contributed by atoms with van der Waals surface area (Å²) in [5.41, 5.74) is -2.25. The molecular formula is C11H8F7NO. The van der Waals surface area contributed by atoms with E-state index in [1.54, 1.807) is 6.92 Å². The van der Waals surface area contributed by atoms with Gasteiger partial charge in [-0.15, -0.1) is 0 Å². The average molecular weight is 303 g/mol. The summed E-state index contributed by atoms with van der Waals surface area (Å²) in [6.45, 7) is 1.54. The molecule has 0 bridgehead atoms. The Morgan fingerprint density at radius 2 is 1.40 bits per heavy atom. The number of hydrogen-bond acceptors (Lipinski definition) is 2. The van der Waals surface area contributed by atoms with E-state index in [4.69, 9.17) is 5.21 Å². The summed E-state index contributed by atoms with van der Waals surface area (Å²) in [6.07, 6.45) is -6.49. The lowest BCUT2D eigenvalue weighted by Crippen LogP contribution is -2.56. The smallest absolute Gasteiger partial charge is 0.410 e. The monoisotopic (exact) mass is 303 g/mol. The lowest BCUT2D eigenvalue weighted by molar-refractivity contribution is -0.336. The van der Waals surface area contributed by atoms with Crippen LogP contribution < -0.4 is 0 Å². The number of alkyl halides is 7. The van der Waals surface area contributed by atoms with Crippen molar-refractivity contribution in [2.24, 2.45) is 5.16 Å². The highest BCUT2D eigenvalue weighted by Gasteiger charge is 2.75. The van der Waals surface area contributed by atoms with Crippen molar-refractivity contribution in [3.05, 3.63) is 35.4 Å². The van der Waals surface area contributed by atoms with Gasteiger partial charge >= 0.3 is 18.0 Å². The molecule has 0 aliphatic carbocycles. The molecule has 0 amide bonds. The zero-order valence-electron chi connectivity index (χ0n) is 9.85. The van der Waals surface area contributed by atoms with Crippen molar-refractivity contribution in [1.29, 1.82) is 0 Å². The van der Waals surface area contributed by atoms with Gasteiger partial charge in [-0.1, -0.05) is 35.0 Å². The lowest BCUT2D eigenvalue weighted by Gasteiger charge is -2.28. The molecule has 9 heteroatoms. The van der Waals surface area contributed by atoms with E-state index in [0.29, 0.717) is 5.56 Å². The van der Waals surface area contributed by atoms with Crippen molar-refractivity contribution < 1.29 is 35.9 Å². The van der Waals surface area contributed by atoms with E-state index >= 15 is 0 Å². The van der Waals surface area contributed by atoms with Gasteiger partial charge in [0, 0.05) is 5.56 Å². The maximum absolute atomic E-state index is 13.4. The first-order valence-electron chi connectivity index (χ1n) is 5.07. The van der Waals surface area contributed by atoms with Crippen LogP contribution in [-0.2, 0) is 0 Å². The van der Waals surface area contributed by atoms with E-state index in [1.165, 1.54) is 12.1 Å². The average Bonchev–Trinajstić information content (AvgIpc) is 2.30. The fourth-order valence-electron chi connectivity index (χ4n) is 1.34. The molecule has 0 aliphatic rings. The predicted molar refractivity (Wildman–Crippen MR) is 55.5 cm³/mol. The maximum atomic E-state index is 13.4. The summed E-state index contributed by atoms with van der Waals surface area (Å²) < 4.78 is 88.6. The van der Waals surface area contributed by atoms with Crippen LogP contribution in [-0.4, -0.2) is 28.9 Å². The van der Waals surface area contributed by atoms with Crippen molar-refractivity contribution in [3.8, 4) is 0 Å². The van der Waals surface area contributed by atoms with Crippen molar-refractivity contribution in [2.75, 3.05) is 0 Å². The molecule has 20 heavy (non-hydrogen) atoms. The fourth-order valence-corrected chi connectivity index (χ4v) is 1.34. The molecule has 0 unspecified atom stereocenters.